The molecular formula is C26H30FN11O2. The van der Waals surface area contributed by atoms with E-state index in [1.165, 1.54) is 10.9 Å². The summed E-state index contributed by atoms with van der Waals surface area (Å²) >= 11 is 0. The van der Waals surface area contributed by atoms with Crippen LogP contribution in [0.25, 0.3) is 5.82 Å². The summed E-state index contributed by atoms with van der Waals surface area (Å²) in [6.45, 7) is 7.63. The van der Waals surface area contributed by atoms with Gasteiger partial charge in [-0.2, -0.15) is 15.2 Å². The number of fused-ring (bicyclic) bond motifs is 2. The van der Waals surface area contributed by atoms with Crippen LogP contribution in [0.4, 0.5) is 26.8 Å². The van der Waals surface area contributed by atoms with Crippen LogP contribution < -0.4 is 15.5 Å². The lowest BCUT2D eigenvalue weighted by molar-refractivity contribution is 0.0244. The molecule has 14 heteroatoms. The first-order chi connectivity index (χ1) is 19.3. The van der Waals surface area contributed by atoms with Crippen LogP contribution in [-0.4, -0.2) is 84.2 Å². The largest absolute Gasteiger partial charge is 0.377 e. The van der Waals surface area contributed by atoms with Crippen molar-refractivity contribution in [2.45, 2.75) is 38.9 Å². The van der Waals surface area contributed by atoms with Gasteiger partial charge in [0.25, 0.3) is 0 Å². The number of anilines is 3. The Hall–Kier alpha value is -4.59. The molecule has 0 saturated carbocycles. The SMILES string of the molecule is Cc1cc(Nc2cc(C)[nH]n2)nc(N2C3COCC2CN(C(=O)N[C@@H](C)c2ccc(-n4cc(F)cn4)nc2)C3)n1. The molecule has 0 radical (unpaired) electrons. The summed E-state index contributed by atoms with van der Waals surface area (Å²) in [5.74, 6) is 1.99. The maximum atomic E-state index is 13.3. The van der Waals surface area contributed by atoms with Gasteiger partial charge in [-0.3, -0.25) is 5.10 Å². The van der Waals surface area contributed by atoms with E-state index < -0.39 is 5.82 Å². The first-order valence-electron chi connectivity index (χ1n) is 13.0. The van der Waals surface area contributed by atoms with E-state index in [4.69, 9.17) is 14.7 Å². The number of nitrogens with zero attached hydrogens (tertiary/aromatic N) is 8. The molecule has 3 N–H and O–H groups in total. The number of hydrogen-bond acceptors (Lipinski definition) is 9. The molecule has 2 aliphatic heterocycles. The molecule has 2 unspecified atom stereocenters. The smallest absolute Gasteiger partial charge is 0.318 e. The molecular weight excluding hydrogens is 517 g/mol. The minimum absolute atomic E-state index is 0.0914. The molecule has 2 saturated heterocycles. The van der Waals surface area contributed by atoms with Crippen molar-refractivity contribution in [3.05, 3.63) is 65.6 Å². The Morgan fingerprint density at radius 3 is 2.58 bits per heavy atom. The van der Waals surface area contributed by atoms with Gasteiger partial charge >= 0.3 is 6.03 Å². The Kier molecular flexibility index (Phi) is 6.76. The number of nitrogens with one attached hydrogen (secondary N) is 3. The van der Waals surface area contributed by atoms with Crippen LogP contribution >= 0.6 is 0 Å². The number of hydrogen-bond donors (Lipinski definition) is 3. The Morgan fingerprint density at radius 1 is 1.12 bits per heavy atom. The zero-order valence-electron chi connectivity index (χ0n) is 22.4. The average Bonchev–Trinajstić information content (AvgIpc) is 3.55. The number of carbonyl (C=O) groups is 1. The average molecular weight is 548 g/mol. The zero-order valence-corrected chi connectivity index (χ0v) is 22.4. The van der Waals surface area contributed by atoms with Gasteiger partial charge in [-0.1, -0.05) is 6.07 Å². The van der Waals surface area contributed by atoms with E-state index >= 15 is 0 Å². The third-order valence-electron chi connectivity index (χ3n) is 6.99. The van der Waals surface area contributed by atoms with Crippen molar-refractivity contribution < 1.29 is 13.9 Å². The first kappa shape index (κ1) is 25.7. The topological polar surface area (TPSA) is 142 Å². The highest BCUT2D eigenvalue weighted by Crippen LogP contribution is 2.28. The Bertz CT molecular complexity index is 1490. The molecule has 2 aliphatic rings. The normalized spacial score (nSPS) is 19.4. The molecule has 0 aliphatic carbocycles. The Balaban J connectivity index is 1.12. The van der Waals surface area contributed by atoms with Gasteiger partial charge in [-0.05, 0) is 32.4 Å². The fourth-order valence-electron chi connectivity index (χ4n) is 5.08. The zero-order chi connectivity index (χ0) is 27.8. The van der Waals surface area contributed by atoms with Gasteiger partial charge in [0, 0.05) is 42.8 Å². The van der Waals surface area contributed by atoms with Gasteiger partial charge in [-0.25, -0.2) is 23.8 Å². The molecule has 3 atom stereocenters. The van der Waals surface area contributed by atoms with Crippen LogP contribution in [-0.2, 0) is 4.74 Å². The summed E-state index contributed by atoms with van der Waals surface area (Å²) in [4.78, 5) is 31.1. The van der Waals surface area contributed by atoms with E-state index in [0.717, 1.165) is 23.1 Å². The van der Waals surface area contributed by atoms with E-state index in [2.05, 4.69) is 35.8 Å². The fraction of sp³-hybridized carbons (Fsp3) is 0.385. The predicted molar refractivity (Wildman–Crippen MR) is 144 cm³/mol. The summed E-state index contributed by atoms with van der Waals surface area (Å²) in [5, 5.41) is 17.4. The maximum Gasteiger partial charge on any atom is 0.318 e. The van der Waals surface area contributed by atoms with Gasteiger partial charge in [0.15, 0.2) is 17.5 Å². The monoisotopic (exact) mass is 547 g/mol. The molecule has 4 aromatic heterocycles. The third kappa shape index (κ3) is 5.30. The fourth-order valence-corrected chi connectivity index (χ4v) is 5.08. The minimum Gasteiger partial charge on any atom is -0.377 e. The number of morpholine rings is 1. The number of urea groups is 1. The molecule has 208 valence electrons. The molecule has 2 bridgehead atoms. The summed E-state index contributed by atoms with van der Waals surface area (Å²) in [6.07, 6.45) is 4.04. The quantitative estimate of drug-likeness (QED) is 0.332. The number of carbonyl (C=O) groups excluding carboxylic acids is 1. The van der Waals surface area contributed by atoms with Crippen LogP contribution in [0.1, 0.15) is 29.9 Å². The van der Waals surface area contributed by atoms with Crippen LogP contribution in [0.15, 0.2) is 42.9 Å². The molecule has 0 aromatic carbocycles. The van der Waals surface area contributed by atoms with Gasteiger partial charge in [0.1, 0.15) is 5.82 Å². The predicted octanol–water partition coefficient (Wildman–Crippen LogP) is 2.64. The van der Waals surface area contributed by atoms with E-state index in [1.54, 1.807) is 12.3 Å². The van der Waals surface area contributed by atoms with Crippen LogP contribution in [0, 0.1) is 19.7 Å². The van der Waals surface area contributed by atoms with Crippen molar-refractivity contribution in [3.8, 4) is 5.82 Å². The standard InChI is InChI=1S/C26H30FN11O2/c1-15-6-22(32-23-7-16(2)34-35-23)33-25(30-15)38-20-11-36(12-21(38)14-40-13-20)26(39)31-17(3)18-4-5-24(28-8-18)37-10-19(27)9-29-37/h4-10,17,20-21H,11-14H2,1-3H3,(H,31,39)(H2,30,32,33,34,35)/t17-,20?,21?/m0/s1. The van der Waals surface area contributed by atoms with Crippen molar-refractivity contribution in [3.63, 3.8) is 0 Å². The highest BCUT2D eigenvalue weighted by Gasteiger charge is 2.41. The van der Waals surface area contributed by atoms with Crippen LogP contribution in [0.2, 0.25) is 0 Å². The first-order valence-corrected chi connectivity index (χ1v) is 13.0. The molecule has 40 heavy (non-hydrogen) atoms. The summed E-state index contributed by atoms with van der Waals surface area (Å²) in [7, 11) is 0. The number of rotatable bonds is 6. The molecule has 13 nitrogen and oxygen atoms in total. The lowest BCUT2D eigenvalue weighted by atomic mass is 10.1. The molecule has 6 rings (SSSR count). The van der Waals surface area contributed by atoms with Crippen LogP contribution in [0.3, 0.4) is 0 Å². The number of amides is 2. The van der Waals surface area contributed by atoms with Crippen molar-refractivity contribution >= 4 is 23.6 Å². The number of piperazine rings is 1. The van der Waals surface area contributed by atoms with Gasteiger partial charge in [0.05, 0.1) is 43.7 Å². The summed E-state index contributed by atoms with van der Waals surface area (Å²) in [5.41, 5.74) is 2.60. The van der Waals surface area contributed by atoms with E-state index in [0.29, 0.717) is 49.7 Å². The maximum absolute atomic E-state index is 13.3. The lowest BCUT2D eigenvalue weighted by Crippen LogP contribution is -2.67. The van der Waals surface area contributed by atoms with Gasteiger partial charge in [-0.15, -0.1) is 0 Å². The van der Waals surface area contributed by atoms with Crippen molar-refractivity contribution in [1.29, 1.82) is 0 Å². The molecule has 2 fully saturated rings. The van der Waals surface area contributed by atoms with E-state index in [1.807, 2.05) is 43.9 Å². The van der Waals surface area contributed by atoms with Crippen molar-refractivity contribution in [2.24, 2.45) is 0 Å². The highest BCUT2D eigenvalue weighted by atomic mass is 19.1. The lowest BCUT2D eigenvalue weighted by Gasteiger charge is -2.49. The van der Waals surface area contributed by atoms with Crippen molar-refractivity contribution in [2.75, 3.05) is 36.5 Å². The number of ether oxygens (including phenoxy) is 1. The molecule has 0 spiro atoms. The van der Waals surface area contributed by atoms with Crippen molar-refractivity contribution in [1.82, 2.24) is 45.1 Å². The summed E-state index contributed by atoms with van der Waals surface area (Å²) < 4.78 is 20.5. The number of aryl methyl sites for hydroxylation is 2. The Morgan fingerprint density at radius 2 is 1.93 bits per heavy atom. The summed E-state index contributed by atoms with van der Waals surface area (Å²) in [6, 6.07) is 6.74. The second-order valence-electron chi connectivity index (χ2n) is 10.1. The highest BCUT2D eigenvalue weighted by molar-refractivity contribution is 5.75. The van der Waals surface area contributed by atoms with E-state index in [9.17, 15) is 9.18 Å². The number of halogens is 1. The van der Waals surface area contributed by atoms with E-state index in [-0.39, 0.29) is 24.2 Å². The third-order valence-corrected chi connectivity index (χ3v) is 6.99. The molecule has 2 amide bonds. The number of H-pyrrole nitrogens is 1. The number of pyridine rings is 1. The minimum atomic E-state index is -0.433. The molecule has 4 aromatic rings. The second kappa shape index (κ2) is 10.5. The van der Waals surface area contributed by atoms with Gasteiger partial charge < -0.3 is 25.2 Å². The van der Waals surface area contributed by atoms with Gasteiger partial charge in [0.2, 0.25) is 5.95 Å². The Labute approximate surface area is 229 Å². The number of aromatic amines is 1. The second-order valence-corrected chi connectivity index (χ2v) is 10.1. The molecule has 6 heterocycles. The number of aromatic nitrogens is 7. The van der Waals surface area contributed by atoms with Crippen LogP contribution in [0.5, 0.6) is 0 Å².